The molecule has 10 nitrogen and oxygen atoms in total. The molecule has 12 heteroatoms. The van der Waals surface area contributed by atoms with Crippen molar-refractivity contribution in [1.29, 1.82) is 0 Å². The van der Waals surface area contributed by atoms with Crippen LogP contribution >= 0.6 is 22.7 Å². The Kier molecular flexibility index (Phi) is 18.4. The van der Waals surface area contributed by atoms with E-state index >= 15 is 0 Å². The van der Waals surface area contributed by atoms with Crippen LogP contribution < -0.4 is 0 Å². The Morgan fingerprint density at radius 1 is 0.185 bits per heavy atom. The zero-order valence-electron chi connectivity index (χ0n) is 66.7. The molecule has 8 aromatic heterocycles. The first-order valence-corrected chi connectivity index (χ1v) is 43.1. The fourth-order valence-electron chi connectivity index (χ4n) is 17.6. The Morgan fingerprint density at radius 2 is 0.524 bits per heavy atom. The van der Waals surface area contributed by atoms with Gasteiger partial charge in [0.1, 0.15) is 0 Å². The molecule has 580 valence electrons. The average Bonchev–Trinajstić information content (AvgIpc) is 1.55. The Balaban J connectivity index is 0.000000143. The molecule has 24 aromatic rings. The number of para-hydroxylation sites is 4. The number of fused-ring (bicyclic) bond motifs is 14. The lowest BCUT2D eigenvalue weighted by Crippen LogP contribution is -2.02. The van der Waals surface area contributed by atoms with Crippen molar-refractivity contribution >= 4 is 107 Å². The number of hydrogen-bond donors (Lipinski definition) is 0. The van der Waals surface area contributed by atoms with Crippen LogP contribution in [0.4, 0.5) is 0 Å². The van der Waals surface area contributed by atoms with E-state index in [2.05, 4.69) is 288 Å². The molecule has 0 spiro atoms. The van der Waals surface area contributed by atoms with E-state index in [4.69, 9.17) is 39.9 Å². The van der Waals surface area contributed by atoms with E-state index in [0.717, 1.165) is 117 Å². The molecule has 0 saturated heterocycles. The summed E-state index contributed by atoms with van der Waals surface area (Å²) in [6, 6.07) is 145. The summed E-state index contributed by atoms with van der Waals surface area (Å²) >= 11 is 3.64. The Labute approximate surface area is 722 Å². The number of hydrogen-bond acceptors (Lipinski definition) is 10. The Hall–Kier alpha value is -16.1. The van der Waals surface area contributed by atoms with Crippen LogP contribution in [0.1, 0.15) is 0 Å². The smallest absolute Gasteiger partial charge is 0.166 e. The molecule has 0 atom stereocenters. The van der Waals surface area contributed by atoms with Gasteiger partial charge in [0, 0.05) is 141 Å². The highest BCUT2D eigenvalue weighted by molar-refractivity contribution is 7.26. The molecule has 0 amide bonds. The lowest BCUT2D eigenvalue weighted by atomic mass is 9.95. The number of thiophene rings is 2. The Morgan fingerprint density at radius 3 is 0.984 bits per heavy atom. The fourth-order valence-corrected chi connectivity index (χ4v) is 19.8. The van der Waals surface area contributed by atoms with Crippen molar-refractivity contribution in [1.82, 2.24) is 49.0 Å². The van der Waals surface area contributed by atoms with Crippen molar-refractivity contribution < 1.29 is 0 Å². The first kappa shape index (κ1) is 73.1. The summed E-state index contributed by atoms with van der Waals surface area (Å²) < 4.78 is 9.71. The van der Waals surface area contributed by atoms with E-state index in [0.29, 0.717) is 34.9 Å². The van der Waals surface area contributed by atoms with Crippen molar-refractivity contribution in [3.8, 4) is 147 Å². The van der Waals surface area contributed by atoms with E-state index in [1.165, 1.54) is 78.6 Å². The second-order valence-electron chi connectivity index (χ2n) is 30.9. The van der Waals surface area contributed by atoms with E-state index in [-0.39, 0.29) is 0 Å². The summed E-state index contributed by atoms with van der Waals surface area (Å²) in [7, 11) is 0. The molecule has 0 aliphatic rings. The summed E-state index contributed by atoms with van der Waals surface area (Å²) in [6.45, 7) is 0. The highest BCUT2D eigenvalue weighted by Crippen LogP contribution is 2.50. The monoisotopic (exact) mass is 1620 g/mol. The number of pyridine rings is 2. The van der Waals surface area contributed by atoms with Gasteiger partial charge in [-0.2, -0.15) is 0 Å². The first-order chi connectivity index (χ1) is 61.5. The van der Waals surface area contributed by atoms with Crippen LogP contribution in [0.15, 0.2) is 425 Å². The van der Waals surface area contributed by atoms with E-state index in [9.17, 15) is 0 Å². The van der Waals surface area contributed by atoms with Crippen molar-refractivity contribution in [2.75, 3.05) is 0 Å². The minimum absolute atomic E-state index is 0.557. The summed E-state index contributed by atoms with van der Waals surface area (Å²) in [4.78, 5) is 41.9. The van der Waals surface area contributed by atoms with Gasteiger partial charge in [-0.25, -0.2) is 29.9 Å². The molecule has 0 aliphatic heterocycles. The molecule has 0 bridgehead atoms. The van der Waals surface area contributed by atoms with Gasteiger partial charge >= 0.3 is 0 Å². The molecule has 124 heavy (non-hydrogen) atoms. The summed E-state index contributed by atoms with van der Waals surface area (Å²) in [5.74, 6) is 3.53. The highest BCUT2D eigenvalue weighted by Gasteiger charge is 2.27. The first-order valence-electron chi connectivity index (χ1n) is 41.4. The Bertz CT molecular complexity index is 8090. The third-order valence-electron chi connectivity index (χ3n) is 23.4. The van der Waals surface area contributed by atoms with Crippen LogP contribution in [0, 0.1) is 0 Å². The van der Waals surface area contributed by atoms with Crippen LogP contribution in [0.2, 0.25) is 0 Å². The van der Waals surface area contributed by atoms with Crippen LogP contribution in [-0.2, 0) is 0 Å². The zero-order valence-corrected chi connectivity index (χ0v) is 68.3. The van der Waals surface area contributed by atoms with Gasteiger partial charge in [0.25, 0.3) is 0 Å². The molecular formula is C112H70N10S2. The molecule has 24 rings (SSSR count). The van der Waals surface area contributed by atoms with Crippen LogP contribution in [0.25, 0.3) is 231 Å². The normalized spacial score (nSPS) is 11.5. The SMILES string of the molecule is c1ccc(-c2cccc(-c3cnc(-c4ccc5sc6ccc7c8ccccc8n(-c8ccccc8)c7c6c5c4)c(-c4nc(-c5ccccc5)nc(-c5ccccc5)n4)c3)c2)cc1.c1ccc(-c2cccc(-c3cnc(-c4cccc5sc6ccc7c8ccccc8n(-c8ccccc8)c7c6c45)c(-c4nc(-c5ccccc5)nc(-c5ccccc5)n4)c3)c2)cc1. The van der Waals surface area contributed by atoms with Gasteiger partial charge in [0.15, 0.2) is 34.9 Å². The molecule has 0 aliphatic carbocycles. The number of benzene rings is 16. The predicted molar refractivity (Wildman–Crippen MR) is 515 cm³/mol. The highest BCUT2D eigenvalue weighted by atomic mass is 32.1. The summed E-state index contributed by atoms with van der Waals surface area (Å²) in [6.07, 6.45) is 3.99. The molecule has 0 N–H and O–H groups in total. The minimum Gasteiger partial charge on any atom is -0.309 e. The summed E-state index contributed by atoms with van der Waals surface area (Å²) in [5, 5.41) is 9.68. The lowest BCUT2D eigenvalue weighted by Gasteiger charge is -2.15. The van der Waals surface area contributed by atoms with Gasteiger partial charge in [0.2, 0.25) is 0 Å². The molecular weight excluding hydrogens is 1550 g/mol. The van der Waals surface area contributed by atoms with Crippen molar-refractivity contribution in [3.63, 3.8) is 0 Å². The maximum absolute atomic E-state index is 5.45. The second-order valence-corrected chi connectivity index (χ2v) is 33.0. The summed E-state index contributed by atoms with van der Waals surface area (Å²) in [5.41, 5.74) is 24.6. The van der Waals surface area contributed by atoms with Crippen molar-refractivity contribution in [2.45, 2.75) is 0 Å². The van der Waals surface area contributed by atoms with Gasteiger partial charge < -0.3 is 9.13 Å². The van der Waals surface area contributed by atoms with Gasteiger partial charge in [-0.1, -0.05) is 322 Å². The van der Waals surface area contributed by atoms with E-state index in [1.807, 2.05) is 169 Å². The largest absolute Gasteiger partial charge is 0.309 e. The van der Waals surface area contributed by atoms with E-state index in [1.54, 1.807) is 0 Å². The molecule has 0 fully saturated rings. The van der Waals surface area contributed by atoms with Gasteiger partial charge in [0.05, 0.1) is 33.5 Å². The third kappa shape index (κ3) is 13.2. The topological polar surface area (TPSA) is 113 Å². The molecule has 16 aromatic carbocycles. The predicted octanol–water partition coefficient (Wildman–Crippen LogP) is 29.5. The molecule has 0 saturated carbocycles. The third-order valence-corrected chi connectivity index (χ3v) is 25.6. The maximum Gasteiger partial charge on any atom is 0.166 e. The van der Waals surface area contributed by atoms with Gasteiger partial charge in [-0.3, -0.25) is 9.97 Å². The number of nitrogens with zero attached hydrogens (tertiary/aromatic N) is 10. The molecule has 8 heterocycles. The zero-order chi connectivity index (χ0) is 82.0. The maximum atomic E-state index is 5.45. The average molecular weight is 1620 g/mol. The molecule has 0 unspecified atom stereocenters. The number of aromatic nitrogens is 10. The van der Waals surface area contributed by atoms with Crippen molar-refractivity contribution in [2.24, 2.45) is 0 Å². The standard InChI is InChI=1S/2C56H35N5S/c1-5-17-36(18-6-1)39-23-15-24-40(33-39)41-34-46(56-59-54(37-19-7-2-8-20-37)58-55(60-56)38-21-9-3-10-22-38)52(57-35-41)45-28-16-30-48-50(45)51-49(62-48)32-31-44-43-27-13-14-29-47(43)61(53(44)51)42-25-11-4-12-26-42;1-5-16-36(17-6-1)39-22-15-23-40(32-39)42-34-47(56-59-54(37-18-7-2-8-19-37)58-55(60-56)38-20-9-3-10-21-38)52(57-35-42)41-28-30-49-46(33-41)51-50(62-49)31-29-45-44-26-13-14-27-48(44)61(53(45)51)43-24-11-4-12-25-43/h2*1-35H. The lowest BCUT2D eigenvalue weighted by molar-refractivity contribution is 1.07. The number of rotatable bonds is 14. The minimum atomic E-state index is 0.557. The molecule has 0 radical (unpaired) electrons. The second kappa shape index (κ2) is 31.2. The van der Waals surface area contributed by atoms with E-state index < -0.39 is 0 Å². The van der Waals surface area contributed by atoms with Crippen molar-refractivity contribution in [3.05, 3.63) is 425 Å². The van der Waals surface area contributed by atoms with Crippen LogP contribution in [0.3, 0.4) is 0 Å². The van der Waals surface area contributed by atoms with Crippen LogP contribution in [0.5, 0.6) is 0 Å². The fraction of sp³-hybridized carbons (Fsp3) is 0. The quantitative estimate of drug-likeness (QED) is 0.106. The van der Waals surface area contributed by atoms with Gasteiger partial charge in [-0.05, 0) is 124 Å². The van der Waals surface area contributed by atoms with Gasteiger partial charge in [-0.15, -0.1) is 22.7 Å². The van der Waals surface area contributed by atoms with Crippen LogP contribution in [-0.4, -0.2) is 49.0 Å².